The van der Waals surface area contributed by atoms with Crippen LogP contribution in [0.2, 0.25) is 0 Å². The van der Waals surface area contributed by atoms with E-state index in [4.69, 9.17) is 9.94 Å². The lowest BCUT2D eigenvalue weighted by molar-refractivity contribution is 0.159. The summed E-state index contributed by atoms with van der Waals surface area (Å²) in [5.74, 6) is 1.71. The number of hydrogen-bond acceptors (Lipinski definition) is 3. The van der Waals surface area contributed by atoms with Crippen LogP contribution in [-0.2, 0) is 6.54 Å². The molecule has 0 saturated carbocycles. The Labute approximate surface area is 104 Å². The maximum absolute atomic E-state index is 8.97. The lowest BCUT2D eigenvalue weighted by Gasteiger charge is -2.20. The average Bonchev–Trinajstić information content (AvgIpc) is 2.28. The third-order valence-corrected chi connectivity index (χ3v) is 3.03. The summed E-state index contributed by atoms with van der Waals surface area (Å²) in [6.45, 7) is 8.98. The Morgan fingerprint density at radius 3 is 2.06 bits per heavy atom. The molecule has 0 heterocycles. The first kappa shape index (κ1) is 14.0. The van der Waals surface area contributed by atoms with Gasteiger partial charge in [0, 0.05) is 12.1 Å². The molecule has 0 amide bonds. The summed E-state index contributed by atoms with van der Waals surface area (Å²) in [4.78, 5) is 0. The van der Waals surface area contributed by atoms with Gasteiger partial charge in [0.15, 0.2) is 0 Å². The van der Waals surface area contributed by atoms with Gasteiger partial charge in [0.05, 0.1) is 7.11 Å². The summed E-state index contributed by atoms with van der Waals surface area (Å²) in [5, 5.41) is 8.97. The van der Waals surface area contributed by atoms with Gasteiger partial charge in [-0.15, -0.1) is 0 Å². The molecule has 96 valence electrons. The van der Waals surface area contributed by atoms with Crippen molar-refractivity contribution in [3.8, 4) is 5.75 Å². The third kappa shape index (κ3) is 2.99. The molecule has 0 aliphatic carbocycles. The molecular weight excluding hydrogens is 214 g/mol. The van der Waals surface area contributed by atoms with E-state index >= 15 is 0 Å². The molecule has 3 nitrogen and oxygen atoms in total. The van der Waals surface area contributed by atoms with Crippen molar-refractivity contribution in [1.82, 2.24) is 5.48 Å². The van der Waals surface area contributed by atoms with Crippen molar-refractivity contribution in [1.29, 1.82) is 0 Å². The molecule has 1 aromatic carbocycles. The molecule has 0 unspecified atom stereocenters. The largest absolute Gasteiger partial charge is 0.496 e. The Morgan fingerprint density at radius 1 is 1.12 bits per heavy atom. The van der Waals surface area contributed by atoms with E-state index in [1.54, 1.807) is 7.11 Å². The first-order chi connectivity index (χ1) is 8.02. The molecule has 0 radical (unpaired) electrons. The molecule has 0 atom stereocenters. The van der Waals surface area contributed by atoms with E-state index in [9.17, 15) is 0 Å². The summed E-state index contributed by atoms with van der Waals surface area (Å²) in [6.07, 6.45) is 0. The average molecular weight is 237 g/mol. The normalized spacial score (nSPS) is 11.3. The third-order valence-electron chi connectivity index (χ3n) is 3.03. The molecule has 0 spiro atoms. The molecule has 1 aromatic rings. The molecule has 0 fully saturated rings. The highest BCUT2D eigenvalue weighted by molar-refractivity contribution is 5.49. The van der Waals surface area contributed by atoms with E-state index in [0.29, 0.717) is 18.4 Å². The standard InChI is InChI=1S/C14H23NO2/c1-9(2)11-6-7-12(10(3)4)14(17-5)13(11)8-15-16/h6-7,9-10,15-16H,8H2,1-5H3. The Hall–Kier alpha value is -1.06. The van der Waals surface area contributed by atoms with Gasteiger partial charge in [0.1, 0.15) is 5.75 Å². The van der Waals surface area contributed by atoms with Gasteiger partial charge in [0.2, 0.25) is 0 Å². The van der Waals surface area contributed by atoms with Gasteiger partial charge in [-0.1, -0.05) is 39.8 Å². The molecule has 17 heavy (non-hydrogen) atoms. The molecular formula is C14H23NO2. The summed E-state index contributed by atoms with van der Waals surface area (Å²) in [5.41, 5.74) is 5.69. The number of nitrogens with one attached hydrogen (secondary N) is 1. The number of rotatable bonds is 5. The van der Waals surface area contributed by atoms with Crippen LogP contribution in [0.25, 0.3) is 0 Å². The van der Waals surface area contributed by atoms with Crippen LogP contribution in [0.15, 0.2) is 12.1 Å². The molecule has 2 N–H and O–H groups in total. The van der Waals surface area contributed by atoms with Crippen LogP contribution < -0.4 is 10.2 Å². The summed E-state index contributed by atoms with van der Waals surface area (Å²) >= 11 is 0. The van der Waals surface area contributed by atoms with Gasteiger partial charge in [-0.3, -0.25) is 0 Å². The second kappa shape index (κ2) is 6.03. The fourth-order valence-corrected chi connectivity index (χ4v) is 2.16. The van der Waals surface area contributed by atoms with E-state index in [1.165, 1.54) is 11.1 Å². The molecule has 0 bridgehead atoms. The SMILES string of the molecule is COc1c(C(C)C)ccc(C(C)C)c1CNO. The Balaban J connectivity index is 3.38. The minimum absolute atomic E-state index is 0.406. The quantitative estimate of drug-likeness (QED) is 0.771. The van der Waals surface area contributed by atoms with Crippen LogP contribution in [0.5, 0.6) is 5.75 Å². The topological polar surface area (TPSA) is 41.5 Å². The summed E-state index contributed by atoms with van der Waals surface area (Å²) in [6, 6.07) is 4.26. The summed E-state index contributed by atoms with van der Waals surface area (Å²) < 4.78 is 5.53. The summed E-state index contributed by atoms with van der Waals surface area (Å²) in [7, 11) is 1.69. The molecule has 0 aliphatic rings. The first-order valence-corrected chi connectivity index (χ1v) is 6.09. The smallest absolute Gasteiger partial charge is 0.127 e. The minimum atomic E-state index is 0.406. The van der Waals surface area contributed by atoms with Crippen molar-refractivity contribution < 1.29 is 9.94 Å². The maximum atomic E-state index is 8.97. The Bertz CT molecular complexity index is 373. The van der Waals surface area contributed by atoms with Crippen LogP contribution in [0, 0.1) is 0 Å². The van der Waals surface area contributed by atoms with Crippen LogP contribution in [0.4, 0.5) is 0 Å². The predicted octanol–water partition coefficient (Wildman–Crippen LogP) is 3.42. The number of hydroxylamine groups is 1. The van der Waals surface area contributed by atoms with Crippen molar-refractivity contribution in [2.75, 3.05) is 7.11 Å². The first-order valence-electron chi connectivity index (χ1n) is 6.09. The zero-order valence-corrected chi connectivity index (χ0v) is 11.4. The number of ether oxygens (including phenoxy) is 1. The number of methoxy groups -OCH3 is 1. The highest BCUT2D eigenvalue weighted by Crippen LogP contribution is 2.35. The van der Waals surface area contributed by atoms with Gasteiger partial charge < -0.3 is 9.94 Å². The van der Waals surface area contributed by atoms with Gasteiger partial charge >= 0.3 is 0 Å². The molecule has 0 saturated heterocycles. The van der Waals surface area contributed by atoms with E-state index in [1.807, 2.05) is 0 Å². The lowest BCUT2D eigenvalue weighted by atomic mass is 9.90. The van der Waals surface area contributed by atoms with Crippen molar-refractivity contribution in [3.63, 3.8) is 0 Å². The fraction of sp³-hybridized carbons (Fsp3) is 0.571. The number of benzene rings is 1. The maximum Gasteiger partial charge on any atom is 0.127 e. The van der Waals surface area contributed by atoms with Gasteiger partial charge in [-0.05, 0) is 23.0 Å². The van der Waals surface area contributed by atoms with Crippen LogP contribution in [-0.4, -0.2) is 12.3 Å². The van der Waals surface area contributed by atoms with E-state index < -0.39 is 0 Å². The lowest BCUT2D eigenvalue weighted by Crippen LogP contribution is -2.12. The fourth-order valence-electron chi connectivity index (χ4n) is 2.16. The zero-order valence-electron chi connectivity index (χ0n) is 11.4. The highest BCUT2D eigenvalue weighted by atomic mass is 16.5. The van der Waals surface area contributed by atoms with Gasteiger partial charge in [-0.25, -0.2) is 5.48 Å². The number of hydrogen-bond donors (Lipinski definition) is 2. The second-order valence-corrected chi connectivity index (χ2v) is 4.90. The van der Waals surface area contributed by atoms with E-state index in [0.717, 1.165) is 11.3 Å². The van der Waals surface area contributed by atoms with Crippen LogP contribution in [0.1, 0.15) is 56.2 Å². The molecule has 3 heteroatoms. The minimum Gasteiger partial charge on any atom is -0.496 e. The van der Waals surface area contributed by atoms with Crippen molar-refractivity contribution >= 4 is 0 Å². The van der Waals surface area contributed by atoms with Crippen molar-refractivity contribution in [3.05, 3.63) is 28.8 Å². The van der Waals surface area contributed by atoms with E-state index in [-0.39, 0.29) is 0 Å². The Kier molecular flexibility index (Phi) is 4.97. The molecule has 0 aromatic heterocycles. The van der Waals surface area contributed by atoms with Gasteiger partial charge in [0.25, 0.3) is 0 Å². The predicted molar refractivity (Wildman–Crippen MR) is 69.8 cm³/mol. The van der Waals surface area contributed by atoms with Crippen molar-refractivity contribution in [2.24, 2.45) is 0 Å². The zero-order chi connectivity index (χ0) is 13.0. The highest BCUT2D eigenvalue weighted by Gasteiger charge is 2.17. The molecule has 1 rings (SSSR count). The molecule has 0 aliphatic heterocycles. The Morgan fingerprint density at radius 2 is 1.65 bits per heavy atom. The monoisotopic (exact) mass is 237 g/mol. The second-order valence-electron chi connectivity index (χ2n) is 4.90. The van der Waals surface area contributed by atoms with Gasteiger partial charge in [-0.2, -0.15) is 0 Å². The van der Waals surface area contributed by atoms with E-state index in [2.05, 4.69) is 45.3 Å². The van der Waals surface area contributed by atoms with Crippen LogP contribution >= 0.6 is 0 Å². The van der Waals surface area contributed by atoms with Crippen LogP contribution in [0.3, 0.4) is 0 Å². The van der Waals surface area contributed by atoms with Crippen molar-refractivity contribution in [2.45, 2.75) is 46.1 Å².